The smallest absolute Gasteiger partial charge is 0.123 e. The van der Waals surface area contributed by atoms with E-state index in [0.717, 1.165) is 24.8 Å². The summed E-state index contributed by atoms with van der Waals surface area (Å²) in [5.74, 6) is 5.89. The summed E-state index contributed by atoms with van der Waals surface area (Å²) in [5, 5.41) is 0. The van der Waals surface area contributed by atoms with Gasteiger partial charge in [-0.25, -0.2) is 4.39 Å². The number of rotatable bonds is 6. The number of ether oxygens (including phenoxy) is 1. The SMILES string of the molecule is CCCCC(NN)c1cc(F)ccc1OC. The highest BCUT2D eigenvalue weighted by Crippen LogP contribution is 2.28. The second-order valence-corrected chi connectivity index (χ2v) is 3.75. The van der Waals surface area contributed by atoms with Crippen LogP contribution in [0.2, 0.25) is 0 Å². The predicted octanol–water partition coefficient (Wildman–Crippen LogP) is 2.53. The molecule has 0 fully saturated rings. The minimum atomic E-state index is -0.271. The minimum absolute atomic E-state index is 0.0643. The Morgan fingerprint density at radius 3 is 2.81 bits per heavy atom. The Morgan fingerprint density at radius 2 is 2.25 bits per heavy atom. The molecule has 90 valence electrons. The van der Waals surface area contributed by atoms with Crippen LogP contribution in [0.25, 0.3) is 0 Å². The number of nitrogens with two attached hydrogens (primary N) is 1. The van der Waals surface area contributed by atoms with E-state index in [0.29, 0.717) is 5.75 Å². The van der Waals surface area contributed by atoms with E-state index in [1.54, 1.807) is 13.2 Å². The van der Waals surface area contributed by atoms with Crippen LogP contribution in [0.3, 0.4) is 0 Å². The number of nitrogens with one attached hydrogen (secondary N) is 1. The van der Waals surface area contributed by atoms with Crippen LogP contribution in [0.1, 0.15) is 37.8 Å². The first-order chi connectivity index (χ1) is 7.72. The van der Waals surface area contributed by atoms with Crippen molar-refractivity contribution in [3.63, 3.8) is 0 Å². The summed E-state index contributed by atoms with van der Waals surface area (Å²) >= 11 is 0. The Morgan fingerprint density at radius 1 is 1.50 bits per heavy atom. The molecule has 16 heavy (non-hydrogen) atoms. The van der Waals surface area contributed by atoms with E-state index in [4.69, 9.17) is 10.6 Å². The molecule has 0 bridgehead atoms. The number of halogens is 1. The van der Waals surface area contributed by atoms with Gasteiger partial charge in [-0.15, -0.1) is 0 Å². The van der Waals surface area contributed by atoms with Crippen molar-refractivity contribution in [2.45, 2.75) is 32.2 Å². The average molecular weight is 226 g/mol. The van der Waals surface area contributed by atoms with Gasteiger partial charge in [0.2, 0.25) is 0 Å². The van der Waals surface area contributed by atoms with E-state index in [1.165, 1.54) is 12.1 Å². The molecule has 4 heteroatoms. The number of benzene rings is 1. The Kier molecular flexibility index (Phi) is 5.22. The fraction of sp³-hybridized carbons (Fsp3) is 0.500. The third kappa shape index (κ3) is 3.18. The van der Waals surface area contributed by atoms with Crippen LogP contribution < -0.4 is 16.0 Å². The molecule has 0 aliphatic heterocycles. The van der Waals surface area contributed by atoms with Gasteiger partial charge in [0.15, 0.2) is 0 Å². The third-order valence-electron chi connectivity index (χ3n) is 2.61. The highest BCUT2D eigenvalue weighted by molar-refractivity contribution is 5.36. The van der Waals surface area contributed by atoms with E-state index >= 15 is 0 Å². The molecule has 3 N–H and O–H groups in total. The van der Waals surface area contributed by atoms with Gasteiger partial charge in [-0.3, -0.25) is 11.3 Å². The van der Waals surface area contributed by atoms with E-state index < -0.39 is 0 Å². The van der Waals surface area contributed by atoms with Crippen molar-refractivity contribution in [2.24, 2.45) is 5.84 Å². The van der Waals surface area contributed by atoms with Crippen molar-refractivity contribution in [2.75, 3.05) is 7.11 Å². The molecular formula is C12H19FN2O. The molecule has 0 aliphatic rings. The molecule has 3 nitrogen and oxygen atoms in total. The molecule has 0 amide bonds. The van der Waals surface area contributed by atoms with Crippen molar-refractivity contribution in [1.29, 1.82) is 0 Å². The van der Waals surface area contributed by atoms with E-state index in [2.05, 4.69) is 12.3 Å². The van der Waals surface area contributed by atoms with Crippen molar-refractivity contribution in [3.05, 3.63) is 29.6 Å². The molecule has 1 aromatic carbocycles. The average Bonchev–Trinajstić information content (AvgIpc) is 2.30. The zero-order chi connectivity index (χ0) is 12.0. The summed E-state index contributed by atoms with van der Waals surface area (Å²) in [5.41, 5.74) is 3.48. The Hall–Kier alpha value is -1.13. The highest BCUT2D eigenvalue weighted by Gasteiger charge is 2.15. The van der Waals surface area contributed by atoms with Gasteiger partial charge in [-0.1, -0.05) is 19.8 Å². The van der Waals surface area contributed by atoms with Crippen LogP contribution in [0.5, 0.6) is 5.75 Å². The molecule has 0 aromatic heterocycles. The Balaban J connectivity index is 2.92. The minimum Gasteiger partial charge on any atom is -0.496 e. The number of hydrazine groups is 1. The van der Waals surface area contributed by atoms with Gasteiger partial charge in [-0.05, 0) is 24.6 Å². The molecule has 1 unspecified atom stereocenters. The Bertz CT molecular complexity index is 331. The maximum Gasteiger partial charge on any atom is 0.123 e. The molecular weight excluding hydrogens is 207 g/mol. The molecule has 0 saturated heterocycles. The van der Waals surface area contributed by atoms with Crippen LogP contribution >= 0.6 is 0 Å². The number of unbranched alkanes of at least 4 members (excludes halogenated alkanes) is 1. The van der Waals surface area contributed by atoms with Gasteiger partial charge in [0, 0.05) is 11.6 Å². The van der Waals surface area contributed by atoms with Crippen LogP contribution in [0.15, 0.2) is 18.2 Å². The van der Waals surface area contributed by atoms with E-state index in [9.17, 15) is 4.39 Å². The lowest BCUT2D eigenvalue weighted by atomic mass is 10.0. The van der Waals surface area contributed by atoms with Crippen LogP contribution in [-0.2, 0) is 0 Å². The number of hydrogen-bond donors (Lipinski definition) is 2. The summed E-state index contributed by atoms with van der Waals surface area (Å²) < 4.78 is 18.4. The largest absolute Gasteiger partial charge is 0.496 e. The quantitative estimate of drug-likeness (QED) is 0.579. The second-order valence-electron chi connectivity index (χ2n) is 3.75. The fourth-order valence-corrected chi connectivity index (χ4v) is 1.71. The van der Waals surface area contributed by atoms with Gasteiger partial charge in [0.05, 0.1) is 7.11 Å². The molecule has 1 atom stereocenters. The van der Waals surface area contributed by atoms with Gasteiger partial charge >= 0.3 is 0 Å². The van der Waals surface area contributed by atoms with Gasteiger partial charge in [0.1, 0.15) is 11.6 Å². The lowest BCUT2D eigenvalue weighted by molar-refractivity contribution is 0.392. The first-order valence-corrected chi connectivity index (χ1v) is 5.52. The maximum absolute atomic E-state index is 13.2. The van der Waals surface area contributed by atoms with Crippen molar-refractivity contribution < 1.29 is 9.13 Å². The first kappa shape index (κ1) is 12.9. The lowest BCUT2D eigenvalue weighted by Gasteiger charge is -2.18. The molecule has 0 radical (unpaired) electrons. The van der Waals surface area contributed by atoms with E-state index in [1.807, 2.05) is 0 Å². The van der Waals surface area contributed by atoms with Crippen molar-refractivity contribution in [1.82, 2.24) is 5.43 Å². The molecule has 1 rings (SSSR count). The Labute approximate surface area is 95.8 Å². The summed E-state index contributed by atoms with van der Waals surface area (Å²) in [6, 6.07) is 4.42. The predicted molar refractivity (Wildman–Crippen MR) is 62.5 cm³/mol. The normalized spacial score (nSPS) is 12.5. The highest BCUT2D eigenvalue weighted by atomic mass is 19.1. The van der Waals surface area contributed by atoms with Crippen LogP contribution in [-0.4, -0.2) is 7.11 Å². The summed E-state index contributed by atoms with van der Waals surface area (Å²) in [7, 11) is 1.57. The topological polar surface area (TPSA) is 47.3 Å². The molecule has 0 heterocycles. The summed E-state index contributed by atoms with van der Waals surface area (Å²) in [6.45, 7) is 2.11. The monoisotopic (exact) mass is 226 g/mol. The lowest BCUT2D eigenvalue weighted by Crippen LogP contribution is -2.28. The number of methoxy groups -OCH3 is 1. The zero-order valence-electron chi connectivity index (χ0n) is 9.79. The van der Waals surface area contributed by atoms with Crippen LogP contribution in [0.4, 0.5) is 4.39 Å². The fourth-order valence-electron chi connectivity index (χ4n) is 1.71. The van der Waals surface area contributed by atoms with Crippen molar-refractivity contribution in [3.8, 4) is 5.75 Å². The van der Waals surface area contributed by atoms with Crippen molar-refractivity contribution >= 4 is 0 Å². The molecule has 0 spiro atoms. The standard InChI is InChI=1S/C12H19FN2O/c1-3-4-5-11(15-14)10-8-9(13)6-7-12(10)16-2/h6-8,11,15H,3-5,14H2,1-2H3. The van der Waals surface area contributed by atoms with Gasteiger partial charge in [-0.2, -0.15) is 0 Å². The summed E-state index contributed by atoms with van der Waals surface area (Å²) in [6.07, 6.45) is 2.98. The van der Waals surface area contributed by atoms with Gasteiger partial charge < -0.3 is 4.74 Å². The third-order valence-corrected chi connectivity index (χ3v) is 2.61. The maximum atomic E-state index is 13.2. The first-order valence-electron chi connectivity index (χ1n) is 5.52. The second kappa shape index (κ2) is 6.45. The zero-order valence-corrected chi connectivity index (χ0v) is 9.79. The van der Waals surface area contributed by atoms with Crippen LogP contribution in [0, 0.1) is 5.82 Å². The molecule has 0 aliphatic carbocycles. The molecule has 1 aromatic rings. The molecule has 0 saturated carbocycles. The van der Waals surface area contributed by atoms with E-state index in [-0.39, 0.29) is 11.9 Å². The summed E-state index contributed by atoms with van der Waals surface area (Å²) in [4.78, 5) is 0. The van der Waals surface area contributed by atoms with Gasteiger partial charge in [0.25, 0.3) is 0 Å². The number of hydrogen-bond acceptors (Lipinski definition) is 3.